The molecular formula is C4H9NO. The van der Waals surface area contributed by atoms with Crippen molar-refractivity contribution in [2.45, 2.75) is 20.3 Å². The number of oxime groups is 1. The van der Waals surface area contributed by atoms with Crippen LogP contribution in [0.25, 0.3) is 0 Å². The molecule has 0 aliphatic rings. The Hall–Kier alpha value is -0.530. The zero-order valence-corrected chi connectivity index (χ0v) is 4.10. The fraction of sp³-hybridized carbons (Fsp3) is 0.750. The van der Waals surface area contributed by atoms with E-state index in [2.05, 4.69) is 5.16 Å². The molecule has 0 amide bonds. The average Bonchev–Trinajstić information content (AvgIpc) is 1.65. The second-order valence-corrected chi connectivity index (χ2v) is 1.19. The summed E-state index contributed by atoms with van der Waals surface area (Å²) < 4.78 is 0. The highest BCUT2D eigenvalue weighted by atomic mass is 16.4. The second-order valence-electron chi connectivity index (χ2n) is 1.19. The molecule has 0 rings (SSSR count). The lowest BCUT2D eigenvalue weighted by Gasteiger charge is -1.81. The third-order valence-electron chi connectivity index (χ3n) is 0.682. The lowest BCUT2D eigenvalue weighted by molar-refractivity contribution is 0.317. The molecule has 6 heavy (non-hydrogen) atoms. The largest absolute Gasteiger partial charge is 0.411 e. The Morgan fingerprint density at radius 1 is 1.83 bits per heavy atom. The molecule has 0 unspecified atom stereocenters. The van der Waals surface area contributed by atoms with Gasteiger partial charge >= 0.3 is 0 Å². The zero-order chi connectivity index (χ0) is 4.99. The molecular weight excluding hydrogens is 78.0 g/mol. The molecule has 0 saturated carbocycles. The zero-order valence-electron chi connectivity index (χ0n) is 4.10. The molecule has 0 aromatic rings. The van der Waals surface area contributed by atoms with Crippen LogP contribution in [-0.4, -0.2) is 10.9 Å². The maximum absolute atomic E-state index is 7.92. The van der Waals surface area contributed by atoms with Gasteiger partial charge in [0.1, 0.15) is 0 Å². The smallest absolute Gasteiger partial charge is 0.0537 e. The third-order valence-corrected chi connectivity index (χ3v) is 0.682. The molecule has 1 N–H and O–H groups in total. The van der Waals surface area contributed by atoms with Crippen LogP contribution >= 0.6 is 0 Å². The molecule has 2 heteroatoms. The van der Waals surface area contributed by atoms with Crippen LogP contribution in [-0.2, 0) is 0 Å². The maximum Gasteiger partial charge on any atom is 0.0537 e. The summed E-state index contributed by atoms with van der Waals surface area (Å²) in [6.07, 6.45) is 0.830. The lowest BCUT2D eigenvalue weighted by Crippen LogP contribution is -1.83. The van der Waals surface area contributed by atoms with Crippen LogP contribution < -0.4 is 0 Å². The highest BCUT2D eigenvalue weighted by molar-refractivity contribution is 5.80. The van der Waals surface area contributed by atoms with Crippen molar-refractivity contribution in [3.05, 3.63) is 0 Å². The van der Waals surface area contributed by atoms with E-state index in [9.17, 15) is 0 Å². The minimum Gasteiger partial charge on any atom is -0.411 e. The van der Waals surface area contributed by atoms with E-state index in [0.29, 0.717) is 0 Å². The number of hydrogen-bond donors (Lipinski definition) is 1. The molecule has 0 aromatic heterocycles. The Morgan fingerprint density at radius 3 is 2.33 bits per heavy atom. The van der Waals surface area contributed by atoms with E-state index in [0.717, 1.165) is 12.1 Å². The summed E-state index contributed by atoms with van der Waals surface area (Å²) in [6, 6.07) is 0. The van der Waals surface area contributed by atoms with E-state index in [1.54, 1.807) is 6.92 Å². The lowest BCUT2D eigenvalue weighted by atomic mass is 10.3. The fourth-order valence-corrected chi connectivity index (χ4v) is 0.0707. The van der Waals surface area contributed by atoms with Gasteiger partial charge in [-0.15, -0.1) is 0 Å². The van der Waals surface area contributed by atoms with E-state index in [4.69, 9.17) is 5.21 Å². The van der Waals surface area contributed by atoms with Gasteiger partial charge < -0.3 is 5.21 Å². The summed E-state index contributed by atoms with van der Waals surface area (Å²) in [4.78, 5) is 0. The number of hydrogen-bond acceptors (Lipinski definition) is 2. The van der Waals surface area contributed by atoms with Crippen LogP contribution in [0.3, 0.4) is 0 Å². The van der Waals surface area contributed by atoms with Gasteiger partial charge in [0.25, 0.3) is 0 Å². The van der Waals surface area contributed by atoms with Gasteiger partial charge in [-0.3, -0.25) is 0 Å². The third kappa shape index (κ3) is 1.76. The first-order valence-electron chi connectivity index (χ1n) is 1.98. The minimum atomic E-state index is 0.773. The molecule has 0 aliphatic carbocycles. The standard InChI is InChI=1S/C4H9NO/c1-3-4(2)5-6/h6H,3H2,1-2H3/b5-4-. The first-order valence-corrected chi connectivity index (χ1v) is 1.98. The highest BCUT2D eigenvalue weighted by Gasteiger charge is 1.77. The van der Waals surface area contributed by atoms with Crippen molar-refractivity contribution in [2.24, 2.45) is 5.16 Å². The number of nitrogens with zero attached hydrogens (tertiary/aromatic N) is 1. The quantitative estimate of drug-likeness (QED) is 0.291. The van der Waals surface area contributed by atoms with Gasteiger partial charge in [-0.05, 0) is 13.3 Å². The SMILES string of the molecule is CC/C(C)=N\O. The Labute approximate surface area is 37.5 Å². The van der Waals surface area contributed by atoms with Crippen molar-refractivity contribution in [1.82, 2.24) is 0 Å². The van der Waals surface area contributed by atoms with Crippen LogP contribution in [0, 0.1) is 0 Å². The Bertz CT molecular complexity index is 58.6. The summed E-state index contributed by atoms with van der Waals surface area (Å²) in [5.41, 5.74) is 0.773. The van der Waals surface area contributed by atoms with Crippen LogP contribution in [0.1, 0.15) is 20.3 Å². The van der Waals surface area contributed by atoms with Gasteiger partial charge in [0, 0.05) is 0 Å². The highest BCUT2D eigenvalue weighted by Crippen LogP contribution is 1.78. The summed E-state index contributed by atoms with van der Waals surface area (Å²) >= 11 is 0. The van der Waals surface area contributed by atoms with Gasteiger partial charge in [0.15, 0.2) is 0 Å². The molecule has 0 bridgehead atoms. The molecule has 0 aliphatic heterocycles. The van der Waals surface area contributed by atoms with Crippen molar-refractivity contribution < 1.29 is 5.21 Å². The Balaban J connectivity index is 3.22. The van der Waals surface area contributed by atoms with Crippen LogP contribution in [0.5, 0.6) is 0 Å². The van der Waals surface area contributed by atoms with E-state index in [1.165, 1.54) is 0 Å². The molecule has 36 valence electrons. The Morgan fingerprint density at radius 2 is 2.33 bits per heavy atom. The summed E-state index contributed by atoms with van der Waals surface area (Å²) in [7, 11) is 0. The van der Waals surface area contributed by atoms with Crippen molar-refractivity contribution in [2.75, 3.05) is 0 Å². The van der Waals surface area contributed by atoms with E-state index in [1.807, 2.05) is 6.92 Å². The van der Waals surface area contributed by atoms with E-state index >= 15 is 0 Å². The molecule has 0 atom stereocenters. The summed E-state index contributed by atoms with van der Waals surface area (Å²) in [5.74, 6) is 0. The normalized spacial score (nSPS) is 12.0. The molecule has 0 aromatic carbocycles. The first kappa shape index (κ1) is 5.47. The van der Waals surface area contributed by atoms with Gasteiger partial charge in [0.05, 0.1) is 5.71 Å². The van der Waals surface area contributed by atoms with Crippen LogP contribution in [0.2, 0.25) is 0 Å². The molecule has 0 saturated heterocycles. The summed E-state index contributed by atoms with van der Waals surface area (Å²) in [6.45, 7) is 3.72. The molecule has 0 fully saturated rings. The van der Waals surface area contributed by atoms with Gasteiger partial charge in [-0.2, -0.15) is 0 Å². The molecule has 0 heterocycles. The van der Waals surface area contributed by atoms with Crippen molar-refractivity contribution >= 4 is 5.71 Å². The van der Waals surface area contributed by atoms with Crippen LogP contribution in [0.4, 0.5) is 0 Å². The monoisotopic (exact) mass is 87.1 g/mol. The predicted molar refractivity (Wildman–Crippen MR) is 25.2 cm³/mol. The molecule has 0 radical (unpaired) electrons. The second kappa shape index (κ2) is 2.69. The van der Waals surface area contributed by atoms with Gasteiger partial charge in [-0.25, -0.2) is 0 Å². The van der Waals surface area contributed by atoms with Gasteiger partial charge in [0.2, 0.25) is 0 Å². The van der Waals surface area contributed by atoms with Crippen molar-refractivity contribution in [3.8, 4) is 0 Å². The van der Waals surface area contributed by atoms with Gasteiger partial charge in [-0.1, -0.05) is 12.1 Å². The topological polar surface area (TPSA) is 32.6 Å². The van der Waals surface area contributed by atoms with E-state index in [-0.39, 0.29) is 0 Å². The van der Waals surface area contributed by atoms with Crippen molar-refractivity contribution in [3.63, 3.8) is 0 Å². The summed E-state index contributed by atoms with van der Waals surface area (Å²) in [5, 5.41) is 10.8. The minimum absolute atomic E-state index is 0.773. The van der Waals surface area contributed by atoms with Crippen LogP contribution in [0.15, 0.2) is 5.16 Å². The number of rotatable bonds is 1. The maximum atomic E-state index is 7.92. The Kier molecular flexibility index (Phi) is 2.46. The molecule has 0 spiro atoms. The fourth-order valence-electron chi connectivity index (χ4n) is 0.0707. The predicted octanol–water partition coefficient (Wildman–Crippen LogP) is 1.25. The average molecular weight is 87.1 g/mol. The first-order chi connectivity index (χ1) is 2.81. The van der Waals surface area contributed by atoms with E-state index < -0.39 is 0 Å². The molecule has 2 nitrogen and oxygen atoms in total. The van der Waals surface area contributed by atoms with Crippen molar-refractivity contribution in [1.29, 1.82) is 0 Å².